The smallest absolute Gasteiger partial charge is 0.307 e. The minimum absolute atomic E-state index is 0.0155. The van der Waals surface area contributed by atoms with Crippen LogP contribution < -0.4 is 4.74 Å². The van der Waals surface area contributed by atoms with E-state index in [1.54, 1.807) is 13.2 Å². The molecule has 0 saturated carbocycles. The largest absolute Gasteiger partial charge is 0.497 e. The van der Waals surface area contributed by atoms with Crippen LogP contribution in [-0.4, -0.2) is 18.2 Å². The van der Waals surface area contributed by atoms with Gasteiger partial charge in [0.25, 0.3) is 0 Å². The average Bonchev–Trinajstić information content (AvgIpc) is 2.11. The molecule has 0 aromatic heterocycles. The van der Waals surface area contributed by atoms with Gasteiger partial charge in [-0.2, -0.15) is 0 Å². The van der Waals surface area contributed by atoms with Gasteiger partial charge >= 0.3 is 5.97 Å². The maximum atomic E-state index is 10.6. The first-order valence-electron chi connectivity index (χ1n) is 4.09. The van der Waals surface area contributed by atoms with Crippen molar-refractivity contribution in [2.45, 2.75) is 13.3 Å². The summed E-state index contributed by atoms with van der Waals surface area (Å²) in [6.07, 6.45) is 0.0155. The molecule has 1 aromatic rings. The molecule has 14 heavy (non-hydrogen) atoms. The number of benzene rings is 1. The molecule has 3 nitrogen and oxygen atoms in total. The van der Waals surface area contributed by atoms with Gasteiger partial charge in [0.1, 0.15) is 5.75 Å². The van der Waals surface area contributed by atoms with Crippen LogP contribution in [0.15, 0.2) is 16.6 Å². The van der Waals surface area contributed by atoms with Crippen LogP contribution in [0.25, 0.3) is 0 Å². The van der Waals surface area contributed by atoms with Crippen molar-refractivity contribution >= 4 is 21.9 Å². The van der Waals surface area contributed by atoms with Gasteiger partial charge in [0.2, 0.25) is 0 Å². The third-order valence-electron chi connectivity index (χ3n) is 2.00. The van der Waals surface area contributed by atoms with Gasteiger partial charge in [-0.15, -0.1) is 0 Å². The lowest BCUT2D eigenvalue weighted by atomic mass is 10.1. The Morgan fingerprint density at radius 1 is 1.57 bits per heavy atom. The first-order valence-corrected chi connectivity index (χ1v) is 4.88. The minimum Gasteiger partial charge on any atom is -0.497 e. The van der Waals surface area contributed by atoms with Crippen molar-refractivity contribution in [2.75, 3.05) is 7.11 Å². The highest BCUT2D eigenvalue weighted by atomic mass is 79.9. The van der Waals surface area contributed by atoms with Crippen molar-refractivity contribution in [1.82, 2.24) is 0 Å². The average molecular weight is 259 g/mol. The quantitative estimate of drug-likeness (QED) is 0.906. The molecule has 1 N–H and O–H groups in total. The van der Waals surface area contributed by atoms with E-state index in [-0.39, 0.29) is 6.42 Å². The fraction of sp³-hybridized carbons (Fsp3) is 0.300. The highest BCUT2D eigenvalue weighted by Gasteiger charge is 2.08. The van der Waals surface area contributed by atoms with Gasteiger partial charge in [-0.3, -0.25) is 4.79 Å². The lowest BCUT2D eigenvalue weighted by Gasteiger charge is -2.08. The summed E-state index contributed by atoms with van der Waals surface area (Å²) in [4.78, 5) is 10.6. The first kappa shape index (κ1) is 11.0. The van der Waals surface area contributed by atoms with Gasteiger partial charge in [0.05, 0.1) is 13.5 Å². The normalized spacial score (nSPS) is 9.93. The van der Waals surface area contributed by atoms with E-state index in [0.29, 0.717) is 5.75 Å². The Labute approximate surface area is 90.8 Å². The van der Waals surface area contributed by atoms with Gasteiger partial charge in [-0.1, -0.05) is 15.9 Å². The molecule has 0 saturated heterocycles. The number of halogens is 1. The van der Waals surface area contributed by atoms with Crippen LogP contribution in [-0.2, 0) is 11.2 Å². The van der Waals surface area contributed by atoms with Crippen molar-refractivity contribution in [3.8, 4) is 5.75 Å². The Bertz CT molecular complexity index is 361. The fourth-order valence-electron chi connectivity index (χ4n) is 1.17. The number of hydrogen-bond acceptors (Lipinski definition) is 2. The standard InChI is InChI=1S/C10H11BrO3/c1-6-7(4-10(12)13)3-8(14-2)5-9(6)11/h3,5H,4H2,1-2H3,(H,12,13). The number of carbonyl (C=O) groups is 1. The van der Waals surface area contributed by atoms with Gasteiger partial charge in [0, 0.05) is 4.47 Å². The van der Waals surface area contributed by atoms with Crippen molar-refractivity contribution < 1.29 is 14.6 Å². The van der Waals surface area contributed by atoms with Gasteiger partial charge in [-0.25, -0.2) is 0 Å². The summed E-state index contributed by atoms with van der Waals surface area (Å²) in [6, 6.07) is 3.56. The highest BCUT2D eigenvalue weighted by molar-refractivity contribution is 9.10. The third-order valence-corrected chi connectivity index (χ3v) is 2.83. The predicted octanol–water partition coefficient (Wildman–Crippen LogP) is 2.39. The lowest BCUT2D eigenvalue weighted by molar-refractivity contribution is -0.136. The molecular formula is C10H11BrO3. The van der Waals surface area contributed by atoms with Crippen molar-refractivity contribution in [3.05, 3.63) is 27.7 Å². The van der Waals surface area contributed by atoms with Crippen LogP contribution in [0.1, 0.15) is 11.1 Å². The minimum atomic E-state index is -0.840. The molecule has 0 aliphatic carbocycles. The molecule has 0 aliphatic rings. The van der Waals surface area contributed by atoms with Gasteiger partial charge < -0.3 is 9.84 Å². The van der Waals surface area contributed by atoms with E-state index >= 15 is 0 Å². The van der Waals surface area contributed by atoms with Crippen molar-refractivity contribution in [3.63, 3.8) is 0 Å². The zero-order chi connectivity index (χ0) is 10.7. The lowest BCUT2D eigenvalue weighted by Crippen LogP contribution is -2.02. The van der Waals surface area contributed by atoms with Gasteiger partial charge in [0.15, 0.2) is 0 Å². The maximum Gasteiger partial charge on any atom is 0.307 e. The zero-order valence-electron chi connectivity index (χ0n) is 8.00. The van der Waals surface area contributed by atoms with E-state index < -0.39 is 5.97 Å². The molecule has 0 atom stereocenters. The van der Waals surface area contributed by atoms with Crippen LogP contribution in [0.5, 0.6) is 5.75 Å². The molecule has 0 fully saturated rings. The number of carboxylic acid groups (broad SMARTS) is 1. The molecule has 0 unspecified atom stereocenters. The first-order chi connectivity index (χ1) is 6.54. The monoisotopic (exact) mass is 258 g/mol. The summed E-state index contributed by atoms with van der Waals surface area (Å²) in [5, 5.41) is 8.69. The Kier molecular flexibility index (Phi) is 3.52. The summed E-state index contributed by atoms with van der Waals surface area (Å²) in [5.41, 5.74) is 1.71. The van der Waals surface area contributed by atoms with Crippen LogP contribution >= 0.6 is 15.9 Å². The van der Waals surface area contributed by atoms with E-state index in [0.717, 1.165) is 15.6 Å². The summed E-state index contributed by atoms with van der Waals surface area (Å²) < 4.78 is 5.92. The summed E-state index contributed by atoms with van der Waals surface area (Å²) in [7, 11) is 1.56. The van der Waals surface area contributed by atoms with Crippen LogP contribution in [0.2, 0.25) is 0 Å². The second kappa shape index (κ2) is 4.46. The van der Waals surface area contributed by atoms with Gasteiger partial charge in [-0.05, 0) is 30.2 Å². The second-order valence-corrected chi connectivity index (χ2v) is 3.82. The number of hydrogen-bond donors (Lipinski definition) is 1. The molecule has 0 amide bonds. The molecule has 1 rings (SSSR count). The molecular weight excluding hydrogens is 248 g/mol. The predicted molar refractivity (Wildman–Crippen MR) is 56.8 cm³/mol. The second-order valence-electron chi connectivity index (χ2n) is 2.96. The summed E-state index contributed by atoms with van der Waals surface area (Å²) in [6.45, 7) is 1.88. The van der Waals surface area contributed by atoms with Crippen LogP contribution in [0.4, 0.5) is 0 Å². The number of carboxylic acids is 1. The third kappa shape index (κ3) is 2.48. The topological polar surface area (TPSA) is 46.5 Å². The van der Waals surface area contributed by atoms with E-state index in [1.165, 1.54) is 0 Å². The molecule has 0 bridgehead atoms. The molecule has 0 radical (unpaired) electrons. The number of aliphatic carboxylic acids is 1. The fourth-order valence-corrected chi connectivity index (χ4v) is 1.65. The zero-order valence-corrected chi connectivity index (χ0v) is 9.59. The van der Waals surface area contributed by atoms with E-state index in [9.17, 15) is 4.79 Å². The Balaban J connectivity index is 3.13. The maximum absolute atomic E-state index is 10.6. The van der Waals surface area contributed by atoms with E-state index in [2.05, 4.69) is 15.9 Å². The SMILES string of the molecule is COc1cc(Br)c(C)c(CC(=O)O)c1. The highest BCUT2D eigenvalue weighted by Crippen LogP contribution is 2.26. The number of rotatable bonds is 3. The molecule has 76 valence electrons. The van der Waals surface area contributed by atoms with E-state index in [4.69, 9.17) is 9.84 Å². The summed E-state index contributed by atoms with van der Waals surface area (Å²) in [5.74, 6) is -0.174. The van der Waals surface area contributed by atoms with Crippen LogP contribution in [0, 0.1) is 6.92 Å². The Morgan fingerprint density at radius 2 is 2.21 bits per heavy atom. The van der Waals surface area contributed by atoms with Crippen LogP contribution in [0.3, 0.4) is 0 Å². The Morgan fingerprint density at radius 3 is 2.71 bits per heavy atom. The molecule has 1 aromatic carbocycles. The number of ether oxygens (including phenoxy) is 1. The molecule has 0 spiro atoms. The van der Waals surface area contributed by atoms with Crippen molar-refractivity contribution in [2.24, 2.45) is 0 Å². The van der Waals surface area contributed by atoms with Crippen molar-refractivity contribution in [1.29, 1.82) is 0 Å². The van der Waals surface area contributed by atoms with E-state index in [1.807, 2.05) is 13.0 Å². The Hall–Kier alpha value is -1.03. The molecule has 0 heterocycles. The molecule has 4 heteroatoms. The number of methoxy groups -OCH3 is 1. The molecule has 0 aliphatic heterocycles. The summed E-state index contributed by atoms with van der Waals surface area (Å²) >= 11 is 3.35.